The van der Waals surface area contributed by atoms with Gasteiger partial charge in [-0.15, -0.1) is 0 Å². The molecular weight excluding hydrogens is 298 g/mol. The Morgan fingerprint density at radius 3 is 2.59 bits per heavy atom. The van der Waals surface area contributed by atoms with Crippen molar-refractivity contribution in [1.29, 1.82) is 0 Å². The minimum atomic E-state index is -1.06. The smallest absolute Gasteiger partial charge is 0.0585 e. The van der Waals surface area contributed by atoms with Crippen LogP contribution in [0, 0.1) is 0 Å². The molecule has 88 valence electrons. The zero-order valence-corrected chi connectivity index (χ0v) is 11.5. The highest BCUT2D eigenvalue weighted by atomic mass is 79.9. The van der Waals surface area contributed by atoms with Gasteiger partial charge in [0.25, 0.3) is 0 Å². The van der Waals surface area contributed by atoms with E-state index in [1.807, 2.05) is 48.5 Å². The lowest BCUT2D eigenvalue weighted by atomic mass is 10.2. The fourth-order valence-electron chi connectivity index (χ4n) is 1.54. The molecule has 2 rings (SSSR count). The monoisotopic (exact) mass is 309 g/mol. The third-order valence-electron chi connectivity index (χ3n) is 2.33. The quantitative estimate of drug-likeness (QED) is 0.884. The molecule has 17 heavy (non-hydrogen) atoms. The van der Waals surface area contributed by atoms with Crippen molar-refractivity contribution in [3.8, 4) is 0 Å². The highest BCUT2D eigenvalue weighted by Gasteiger charge is 2.08. The highest BCUT2D eigenvalue weighted by Crippen LogP contribution is 2.22. The predicted molar refractivity (Wildman–Crippen MR) is 75.1 cm³/mol. The number of benzene rings is 2. The molecule has 2 aromatic carbocycles. The van der Waals surface area contributed by atoms with Crippen molar-refractivity contribution in [2.75, 3.05) is 5.73 Å². The molecule has 0 saturated heterocycles. The minimum absolute atomic E-state index is 0.480. The largest absolute Gasteiger partial charge is 0.399 e. The van der Waals surface area contributed by atoms with Crippen LogP contribution in [0.15, 0.2) is 57.9 Å². The summed E-state index contributed by atoms with van der Waals surface area (Å²) in [7, 11) is -1.06. The molecule has 0 aliphatic rings. The van der Waals surface area contributed by atoms with Crippen molar-refractivity contribution < 1.29 is 4.21 Å². The lowest BCUT2D eigenvalue weighted by Crippen LogP contribution is -1.98. The molecule has 2 N–H and O–H groups in total. The number of hydrogen-bond acceptors (Lipinski definition) is 2. The van der Waals surface area contributed by atoms with Crippen LogP contribution in [-0.4, -0.2) is 4.21 Å². The Kier molecular flexibility index (Phi) is 3.97. The van der Waals surface area contributed by atoms with Gasteiger partial charge in [-0.1, -0.05) is 24.3 Å². The van der Waals surface area contributed by atoms with Crippen molar-refractivity contribution in [3.63, 3.8) is 0 Å². The van der Waals surface area contributed by atoms with Crippen LogP contribution >= 0.6 is 15.9 Å². The zero-order valence-electron chi connectivity index (χ0n) is 9.10. The molecule has 0 bridgehead atoms. The van der Waals surface area contributed by atoms with Gasteiger partial charge >= 0.3 is 0 Å². The molecule has 0 heterocycles. The molecule has 2 aromatic rings. The average Bonchev–Trinajstić information content (AvgIpc) is 2.29. The fraction of sp³-hybridized carbons (Fsp3) is 0.0769. The number of nitrogens with two attached hydrogens (primary N) is 1. The van der Waals surface area contributed by atoms with E-state index in [9.17, 15) is 4.21 Å². The summed E-state index contributed by atoms with van der Waals surface area (Å²) in [6, 6.07) is 15.0. The van der Waals surface area contributed by atoms with E-state index in [1.54, 1.807) is 0 Å². The topological polar surface area (TPSA) is 43.1 Å². The SMILES string of the molecule is Nc1cccc(CS(=O)c2ccccc2Br)c1. The molecule has 4 heteroatoms. The molecule has 1 unspecified atom stereocenters. The molecule has 0 spiro atoms. The fourth-order valence-corrected chi connectivity index (χ4v) is 3.52. The van der Waals surface area contributed by atoms with Gasteiger partial charge in [-0.3, -0.25) is 4.21 Å². The Bertz CT molecular complexity index is 557. The number of nitrogen functional groups attached to an aromatic ring is 1. The van der Waals surface area contributed by atoms with Crippen LogP contribution in [0.3, 0.4) is 0 Å². The molecule has 0 aliphatic heterocycles. The summed E-state index contributed by atoms with van der Waals surface area (Å²) in [5.41, 5.74) is 7.38. The summed E-state index contributed by atoms with van der Waals surface area (Å²) in [5.74, 6) is 0.480. The van der Waals surface area contributed by atoms with Gasteiger partial charge in [-0.2, -0.15) is 0 Å². The first-order valence-corrected chi connectivity index (χ1v) is 7.25. The molecule has 0 fully saturated rings. The van der Waals surface area contributed by atoms with Gasteiger partial charge in [0.2, 0.25) is 0 Å². The number of anilines is 1. The Morgan fingerprint density at radius 1 is 1.12 bits per heavy atom. The number of halogens is 1. The number of hydrogen-bond donors (Lipinski definition) is 1. The zero-order chi connectivity index (χ0) is 12.3. The van der Waals surface area contributed by atoms with Crippen molar-refractivity contribution in [2.45, 2.75) is 10.6 Å². The molecule has 0 radical (unpaired) electrons. The normalized spacial score (nSPS) is 12.3. The molecular formula is C13H12BrNOS. The summed E-state index contributed by atoms with van der Waals surface area (Å²) >= 11 is 3.41. The standard InChI is InChI=1S/C13H12BrNOS/c14-12-6-1-2-7-13(12)17(16)9-10-4-3-5-11(15)8-10/h1-8H,9,15H2. The second kappa shape index (κ2) is 5.47. The van der Waals surface area contributed by atoms with Gasteiger partial charge in [0.05, 0.1) is 21.4 Å². The van der Waals surface area contributed by atoms with E-state index in [2.05, 4.69) is 15.9 Å². The maximum atomic E-state index is 12.2. The summed E-state index contributed by atoms with van der Waals surface area (Å²) in [4.78, 5) is 0.815. The van der Waals surface area contributed by atoms with Gasteiger partial charge in [0.1, 0.15) is 0 Å². The Morgan fingerprint density at radius 2 is 1.88 bits per heavy atom. The highest BCUT2D eigenvalue weighted by molar-refractivity contribution is 9.10. The molecule has 0 saturated carbocycles. The Balaban J connectivity index is 2.20. The molecule has 1 atom stereocenters. The van der Waals surface area contributed by atoms with Gasteiger partial charge in [-0.25, -0.2) is 0 Å². The summed E-state index contributed by atoms with van der Waals surface area (Å²) in [6.07, 6.45) is 0. The van der Waals surface area contributed by atoms with Crippen LogP contribution < -0.4 is 5.73 Å². The van der Waals surface area contributed by atoms with E-state index in [0.717, 1.165) is 14.9 Å². The van der Waals surface area contributed by atoms with Crippen molar-refractivity contribution in [3.05, 3.63) is 58.6 Å². The molecule has 0 aliphatic carbocycles. The van der Waals surface area contributed by atoms with E-state index in [4.69, 9.17) is 5.73 Å². The van der Waals surface area contributed by atoms with Crippen LogP contribution in [0.1, 0.15) is 5.56 Å². The second-order valence-corrected chi connectivity index (χ2v) is 5.94. The van der Waals surface area contributed by atoms with Crippen molar-refractivity contribution in [2.24, 2.45) is 0 Å². The molecule has 0 aromatic heterocycles. The summed E-state index contributed by atoms with van der Waals surface area (Å²) in [5, 5.41) is 0. The van der Waals surface area contributed by atoms with E-state index in [-0.39, 0.29) is 0 Å². The van der Waals surface area contributed by atoms with E-state index >= 15 is 0 Å². The Hall–Kier alpha value is -1.13. The van der Waals surface area contributed by atoms with Crippen molar-refractivity contribution >= 4 is 32.4 Å². The first-order chi connectivity index (χ1) is 8.16. The van der Waals surface area contributed by atoms with Gasteiger partial charge < -0.3 is 5.73 Å². The van der Waals surface area contributed by atoms with Gasteiger partial charge in [-0.05, 0) is 45.8 Å². The van der Waals surface area contributed by atoms with Gasteiger partial charge in [0.15, 0.2) is 0 Å². The number of rotatable bonds is 3. The predicted octanol–water partition coefficient (Wildman–Crippen LogP) is 3.34. The molecule has 2 nitrogen and oxygen atoms in total. The maximum absolute atomic E-state index is 12.2. The van der Waals surface area contributed by atoms with Gasteiger partial charge in [0, 0.05) is 10.2 Å². The molecule has 0 amide bonds. The third kappa shape index (κ3) is 3.17. The summed E-state index contributed by atoms with van der Waals surface area (Å²) < 4.78 is 13.1. The lowest BCUT2D eigenvalue weighted by molar-refractivity contribution is 0.682. The lowest BCUT2D eigenvalue weighted by Gasteiger charge is -2.05. The van der Waals surface area contributed by atoms with Crippen molar-refractivity contribution in [1.82, 2.24) is 0 Å². The third-order valence-corrected chi connectivity index (χ3v) is 4.73. The summed E-state index contributed by atoms with van der Waals surface area (Å²) in [6.45, 7) is 0. The van der Waals surface area contributed by atoms with Crippen LogP contribution in [0.4, 0.5) is 5.69 Å². The maximum Gasteiger partial charge on any atom is 0.0585 e. The van der Waals surface area contributed by atoms with E-state index < -0.39 is 10.8 Å². The van der Waals surface area contributed by atoms with Crippen LogP contribution in [0.25, 0.3) is 0 Å². The van der Waals surface area contributed by atoms with E-state index in [0.29, 0.717) is 11.4 Å². The average molecular weight is 310 g/mol. The van der Waals surface area contributed by atoms with Crippen LogP contribution in [0.2, 0.25) is 0 Å². The minimum Gasteiger partial charge on any atom is -0.399 e. The first-order valence-electron chi connectivity index (χ1n) is 5.14. The Labute approximate surface area is 111 Å². The second-order valence-electron chi connectivity index (χ2n) is 3.67. The first kappa shape index (κ1) is 12.3. The van der Waals surface area contributed by atoms with Crippen LogP contribution in [-0.2, 0) is 16.6 Å². The van der Waals surface area contributed by atoms with Crippen LogP contribution in [0.5, 0.6) is 0 Å². The van der Waals surface area contributed by atoms with E-state index in [1.165, 1.54) is 0 Å².